The first-order valence-electron chi connectivity index (χ1n) is 7.63. The minimum absolute atomic E-state index is 0. The van der Waals surface area contributed by atoms with Gasteiger partial charge in [0.15, 0.2) is 0 Å². The monoisotopic (exact) mass is 321 g/mol. The van der Waals surface area contributed by atoms with Crippen LogP contribution in [0.5, 0.6) is 0 Å². The average molecular weight is 322 g/mol. The molecule has 3 rings (SSSR count). The molecular formula is C17H24ClN3O. The van der Waals surface area contributed by atoms with E-state index in [0.29, 0.717) is 5.92 Å². The minimum atomic E-state index is -0.805. The van der Waals surface area contributed by atoms with Crippen LogP contribution >= 0.6 is 12.4 Å². The molecule has 0 atom stereocenters. The van der Waals surface area contributed by atoms with Crippen LogP contribution in [0.4, 0.5) is 0 Å². The lowest BCUT2D eigenvalue weighted by Gasteiger charge is -2.24. The molecule has 0 aliphatic carbocycles. The van der Waals surface area contributed by atoms with Gasteiger partial charge in [0.05, 0.1) is 11.3 Å². The van der Waals surface area contributed by atoms with Gasteiger partial charge in [0.2, 0.25) is 0 Å². The van der Waals surface area contributed by atoms with Crippen LogP contribution < -0.4 is 5.32 Å². The second-order valence-corrected chi connectivity index (χ2v) is 6.30. The molecule has 1 aliphatic rings. The molecule has 1 fully saturated rings. The first kappa shape index (κ1) is 17.0. The highest BCUT2D eigenvalue weighted by molar-refractivity contribution is 5.85. The van der Waals surface area contributed by atoms with E-state index in [1.54, 1.807) is 13.8 Å². The van der Waals surface area contributed by atoms with E-state index in [4.69, 9.17) is 0 Å². The van der Waals surface area contributed by atoms with E-state index in [2.05, 4.69) is 16.5 Å². The number of nitrogens with one attached hydrogen (secondary N) is 1. The van der Waals surface area contributed by atoms with Crippen LogP contribution in [-0.2, 0) is 5.60 Å². The normalized spacial score (nSPS) is 16.3. The van der Waals surface area contributed by atoms with Crippen molar-refractivity contribution in [1.29, 1.82) is 0 Å². The van der Waals surface area contributed by atoms with Gasteiger partial charge in [-0.3, -0.25) is 0 Å². The number of piperidine rings is 1. The van der Waals surface area contributed by atoms with Crippen molar-refractivity contribution < 1.29 is 5.11 Å². The maximum atomic E-state index is 10.0. The van der Waals surface area contributed by atoms with Crippen LogP contribution in [0.2, 0.25) is 0 Å². The van der Waals surface area contributed by atoms with Gasteiger partial charge in [-0.2, -0.15) is 5.10 Å². The molecule has 22 heavy (non-hydrogen) atoms. The highest BCUT2D eigenvalue weighted by Crippen LogP contribution is 2.27. The second-order valence-electron chi connectivity index (χ2n) is 6.30. The van der Waals surface area contributed by atoms with E-state index in [-0.39, 0.29) is 12.4 Å². The molecule has 2 heterocycles. The summed E-state index contributed by atoms with van der Waals surface area (Å²) in [7, 11) is 0. The summed E-state index contributed by atoms with van der Waals surface area (Å²) in [6.45, 7) is 5.76. The Labute approximate surface area is 138 Å². The molecule has 4 nitrogen and oxygen atoms in total. The Morgan fingerprint density at radius 1 is 1.14 bits per heavy atom. The van der Waals surface area contributed by atoms with Crippen LogP contribution in [0.25, 0.3) is 5.69 Å². The van der Waals surface area contributed by atoms with E-state index >= 15 is 0 Å². The number of aromatic nitrogens is 2. The lowest BCUT2D eigenvalue weighted by Crippen LogP contribution is -2.27. The standard InChI is InChI=1S/C17H23N3O.ClH/c1-17(2,21)14-3-5-15(6-4-14)20-16(9-12-19-20)13-7-10-18-11-8-13;/h3-6,9,12-13,18,21H,7-8,10-11H2,1-2H3;1H. The largest absolute Gasteiger partial charge is 0.386 e. The molecular weight excluding hydrogens is 298 g/mol. The maximum Gasteiger partial charge on any atom is 0.0840 e. The SMILES string of the molecule is CC(C)(O)c1ccc(-n2nccc2C2CCNCC2)cc1.Cl. The first-order chi connectivity index (χ1) is 10.1. The van der Waals surface area contributed by atoms with E-state index in [9.17, 15) is 5.11 Å². The molecule has 0 amide bonds. The van der Waals surface area contributed by atoms with Crippen molar-refractivity contribution in [3.63, 3.8) is 0 Å². The van der Waals surface area contributed by atoms with Crippen molar-refractivity contribution in [2.24, 2.45) is 0 Å². The minimum Gasteiger partial charge on any atom is -0.386 e. The molecule has 2 N–H and O–H groups in total. The average Bonchev–Trinajstić information content (AvgIpc) is 2.97. The Kier molecular flexibility index (Phi) is 5.27. The van der Waals surface area contributed by atoms with Crippen molar-refractivity contribution in [1.82, 2.24) is 15.1 Å². The van der Waals surface area contributed by atoms with E-state index < -0.39 is 5.60 Å². The zero-order valence-electron chi connectivity index (χ0n) is 13.1. The summed E-state index contributed by atoms with van der Waals surface area (Å²) >= 11 is 0. The Balaban J connectivity index is 0.00000176. The summed E-state index contributed by atoms with van der Waals surface area (Å²) in [6.07, 6.45) is 4.20. The van der Waals surface area contributed by atoms with Crippen LogP contribution in [0.3, 0.4) is 0 Å². The lowest BCUT2D eigenvalue weighted by atomic mass is 9.94. The third-order valence-electron chi connectivity index (χ3n) is 4.25. The van der Waals surface area contributed by atoms with Crippen molar-refractivity contribution in [2.45, 2.75) is 38.2 Å². The predicted molar refractivity (Wildman–Crippen MR) is 90.9 cm³/mol. The third kappa shape index (κ3) is 3.51. The van der Waals surface area contributed by atoms with Crippen molar-refractivity contribution in [3.05, 3.63) is 47.8 Å². The van der Waals surface area contributed by atoms with E-state index in [1.807, 2.05) is 35.1 Å². The van der Waals surface area contributed by atoms with Crippen LogP contribution in [-0.4, -0.2) is 28.0 Å². The molecule has 1 aromatic carbocycles. The van der Waals surface area contributed by atoms with Gasteiger partial charge in [-0.05, 0) is 63.5 Å². The molecule has 0 spiro atoms. The molecule has 2 aromatic rings. The Hall–Kier alpha value is -1.36. The summed E-state index contributed by atoms with van der Waals surface area (Å²) in [5.41, 5.74) is 2.46. The van der Waals surface area contributed by atoms with Crippen molar-refractivity contribution >= 4 is 12.4 Å². The van der Waals surface area contributed by atoms with E-state index in [1.165, 1.54) is 5.69 Å². The summed E-state index contributed by atoms with van der Waals surface area (Å²) < 4.78 is 2.03. The molecule has 0 unspecified atom stereocenters. The predicted octanol–water partition coefficient (Wildman–Crippen LogP) is 2.99. The van der Waals surface area contributed by atoms with Crippen LogP contribution in [0.15, 0.2) is 36.5 Å². The fourth-order valence-electron chi connectivity index (χ4n) is 2.97. The van der Waals surface area contributed by atoms with Gasteiger partial charge in [0.25, 0.3) is 0 Å². The van der Waals surface area contributed by atoms with Gasteiger partial charge in [0, 0.05) is 17.8 Å². The molecule has 5 heteroatoms. The zero-order valence-corrected chi connectivity index (χ0v) is 13.9. The smallest absolute Gasteiger partial charge is 0.0840 e. The Bertz CT molecular complexity index is 595. The fraction of sp³-hybridized carbons (Fsp3) is 0.471. The molecule has 0 saturated carbocycles. The zero-order chi connectivity index (χ0) is 14.9. The van der Waals surface area contributed by atoms with Crippen LogP contribution in [0, 0.1) is 0 Å². The topological polar surface area (TPSA) is 50.1 Å². The number of hydrogen-bond donors (Lipinski definition) is 2. The number of halogens is 1. The number of hydrogen-bond acceptors (Lipinski definition) is 3. The molecule has 1 saturated heterocycles. The molecule has 0 radical (unpaired) electrons. The Morgan fingerprint density at radius 2 is 1.77 bits per heavy atom. The summed E-state index contributed by atoms with van der Waals surface area (Å²) in [5.74, 6) is 0.572. The molecule has 1 aliphatic heterocycles. The second kappa shape index (κ2) is 6.82. The highest BCUT2D eigenvalue weighted by Gasteiger charge is 2.20. The van der Waals surface area contributed by atoms with Gasteiger partial charge in [-0.15, -0.1) is 12.4 Å². The van der Waals surface area contributed by atoms with Crippen molar-refractivity contribution in [3.8, 4) is 5.69 Å². The Morgan fingerprint density at radius 3 is 2.36 bits per heavy atom. The first-order valence-corrected chi connectivity index (χ1v) is 7.63. The van der Waals surface area contributed by atoms with E-state index in [0.717, 1.165) is 37.2 Å². The summed E-state index contributed by atoms with van der Waals surface area (Å²) in [4.78, 5) is 0. The summed E-state index contributed by atoms with van der Waals surface area (Å²) in [6, 6.07) is 10.1. The molecule has 0 bridgehead atoms. The fourth-order valence-corrected chi connectivity index (χ4v) is 2.97. The molecule has 120 valence electrons. The summed E-state index contributed by atoms with van der Waals surface area (Å²) in [5, 5.41) is 17.9. The van der Waals surface area contributed by atoms with Gasteiger partial charge in [0.1, 0.15) is 0 Å². The quantitative estimate of drug-likeness (QED) is 0.913. The van der Waals surface area contributed by atoms with Gasteiger partial charge in [-0.1, -0.05) is 12.1 Å². The number of nitrogens with zero attached hydrogens (tertiary/aromatic N) is 2. The van der Waals surface area contributed by atoms with Gasteiger partial charge < -0.3 is 10.4 Å². The number of aliphatic hydroxyl groups is 1. The lowest BCUT2D eigenvalue weighted by molar-refractivity contribution is 0.0786. The van der Waals surface area contributed by atoms with Crippen LogP contribution in [0.1, 0.15) is 43.9 Å². The number of benzene rings is 1. The van der Waals surface area contributed by atoms with Gasteiger partial charge >= 0.3 is 0 Å². The third-order valence-corrected chi connectivity index (χ3v) is 4.25. The molecule has 1 aromatic heterocycles. The highest BCUT2D eigenvalue weighted by atomic mass is 35.5. The number of rotatable bonds is 3. The van der Waals surface area contributed by atoms with Gasteiger partial charge in [-0.25, -0.2) is 4.68 Å². The maximum absolute atomic E-state index is 10.0. The van der Waals surface area contributed by atoms with Crippen molar-refractivity contribution in [2.75, 3.05) is 13.1 Å².